The van der Waals surface area contributed by atoms with Gasteiger partial charge in [-0.05, 0) is 42.6 Å². The van der Waals surface area contributed by atoms with Crippen molar-refractivity contribution in [2.24, 2.45) is 34.8 Å². The number of nitriles is 3. The predicted octanol–water partition coefficient (Wildman–Crippen LogP) is 3.79. The highest BCUT2D eigenvalue weighted by Gasteiger charge is 2.53. The molecule has 0 aliphatic heterocycles. The van der Waals surface area contributed by atoms with E-state index in [0.29, 0.717) is 17.4 Å². The fourth-order valence-electron chi connectivity index (χ4n) is 4.17. The van der Waals surface area contributed by atoms with Crippen molar-refractivity contribution in [2.75, 3.05) is 0 Å². The number of rotatable bonds is 3. The maximum Gasteiger partial charge on any atom is 0.187 e. The Labute approximate surface area is 138 Å². The Morgan fingerprint density at radius 2 is 1.96 bits per heavy atom. The lowest BCUT2D eigenvalue weighted by Crippen LogP contribution is -2.45. The van der Waals surface area contributed by atoms with Crippen LogP contribution in [0.3, 0.4) is 0 Å². The van der Waals surface area contributed by atoms with Gasteiger partial charge in [-0.15, -0.1) is 0 Å². The van der Waals surface area contributed by atoms with Gasteiger partial charge in [0, 0.05) is 5.92 Å². The number of nitrogens with two attached hydrogens (primary N) is 1. The molecule has 0 saturated carbocycles. The molecule has 0 saturated heterocycles. The van der Waals surface area contributed by atoms with E-state index in [9.17, 15) is 15.8 Å². The van der Waals surface area contributed by atoms with Crippen LogP contribution >= 0.6 is 0 Å². The first-order chi connectivity index (χ1) is 10.9. The van der Waals surface area contributed by atoms with Crippen molar-refractivity contribution in [3.8, 4) is 18.2 Å². The van der Waals surface area contributed by atoms with Gasteiger partial charge < -0.3 is 5.73 Å². The number of hydrogen-bond donors (Lipinski definition) is 1. The molecule has 0 radical (unpaired) electrons. The van der Waals surface area contributed by atoms with Crippen LogP contribution in [0.4, 0.5) is 0 Å². The second-order valence-corrected chi connectivity index (χ2v) is 7.18. The minimum atomic E-state index is -1.38. The third kappa shape index (κ3) is 2.62. The Morgan fingerprint density at radius 3 is 2.43 bits per heavy atom. The maximum atomic E-state index is 9.81. The average Bonchev–Trinajstić information content (AvgIpc) is 2.55. The van der Waals surface area contributed by atoms with Crippen LogP contribution in [0.5, 0.6) is 0 Å². The molecule has 4 heteroatoms. The van der Waals surface area contributed by atoms with E-state index in [2.05, 4.69) is 45.1 Å². The summed E-state index contributed by atoms with van der Waals surface area (Å²) in [7, 11) is 0. The standard InChI is InChI=1S/C19H24N4/c1-4-13-5-6-14-15(8-13)17(7-12(2)3)19(10-21,11-22)18(23)16(14)9-20/h6,12-13,15,17H,4-5,7-8,23H2,1-3H3. The highest BCUT2D eigenvalue weighted by Crippen LogP contribution is 2.54. The van der Waals surface area contributed by atoms with E-state index in [1.54, 1.807) is 0 Å². The topological polar surface area (TPSA) is 97.4 Å². The van der Waals surface area contributed by atoms with Gasteiger partial charge in [0.05, 0.1) is 23.4 Å². The van der Waals surface area contributed by atoms with Crippen molar-refractivity contribution in [1.29, 1.82) is 15.8 Å². The maximum absolute atomic E-state index is 9.81. The molecule has 0 aromatic rings. The van der Waals surface area contributed by atoms with Gasteiger partial charge in [0.1, 0.15) is 6.07 Å². The molecule has 0 spiro atoms. The minimum absolute atomic E-state index is 0.0809. The second-order valence-electron chi connectivity index (χ2n) is 7.18. The lowest BCUT2D eigenvalue weighted by molar-refractivity contribution is 0.177. The molecule has 2 N–H and O–H groups in total. The summed E-state index contributed by atoms with van der Waals surface area (Å²) in [6.07, 6.45) is 5.84. The summed E-state index contributed by atoms with van der Waals surface area (Å²) in [5.74, 6) is 0.848. The smallest absolute Gasteiger partial charge is 0.187 e. The quantitative estimate of drug-likeness (QED) is 0.857. The van der Waals surface area contributed by atoms with Crippen molar-refractivity contribution in [1.82, 2.24) is 0 Å². The van der Waals surface area contributed by atoms with Gasteiger partial charge >= 0.3 is 0 Å². The average molecular weight is 308 g/mol. The molecule has 120 valence electrons. The van der Waals surface area contributed by atoms with Crippen LogP contribution < -0.4 is 5.73 Å². The van der Waals surface area contributed by atoms with Gasteiger partial charge in [0.15, 0.2) is 5.41 Å². The zero-order valence-corrected chi connectivity index (χ0v) is 14.1. The predicted molar refractivity (Wildman–Crippen MR) is 88.0 cm³/mol. The molecule has 0 aromatic carbocycles. The van der Waals surface area contributed by atoms with E-state index < -0.39 is 5.41 Å². The molecular weight excluding hydrogens is 284 g/mol. The summed E-state index contributed by atoms with van der Waals surface area (Å²) < 4.78 is 0. The number of hydrogen-bond acceptors (Lipinski definition) is 4. The van der Waals surface area contributed by atoms with Crippen LogP contribution in [0.15, 0.2) is 22.9 Å². The van der Waals surface area contributed by atoms with Crippen molar-refractivity contribution in [3.05, 3.63) is 22.9 Å². The Kier molecular flexibility index (Phi) is 4.82. The van der Waals surface area contributed by atoms with Crippen molar-refractivity contribution in [2.45, 2.75) is 46.5 Å². The molecule has 0 fully saturated rings. The van der Waals surface area contributed by atoms with Crippen LogP contribution in [0.2, 0.25) is 0 Å². The van der Waals surface area contributed by atoms with Gasteiger partial charge in [-0.25, -0.2) is 0 Å². The summed E-state index contributed by atoms with van der Waals surface area (Å²) in [6.45, 7) is 6.37. The van der Waals surface area contributed by atoms with E-state index in [4.69, 9.17) is 5.73 Å². The van der Waals surface area contributed by atoms with Crippen LogP contribution in [0.25, 0.3) is 0 Å². The molecule has 2 rings (SSSR count). The molecule has 3 unspecified atom stereocenters. The zero-order chi connectivity index (χ0) is 17.2. The summed E-state index contributed by atoms with van der Waals surface area (Å²) in [5.41, 5.74) is 6.32. The molecule has 23 heavy (non-hydrogen) atoms. The molecule has 0 heterocycles. The van der Waals surface area contributed by atoms with E-state index >= 15 is 0 Å². The molecule has 2 aliphatic carbocycles. The molecule has 0 amide bonds. The summed E-state index contributed by atoms with van der Waals surface area (Å²) in [6, 6.07) is 6.53. The molecular formula is C19H24N4. The third-order valence-electron chi connectivity index (χ3n) is 5.45. The van der Waals surface area contributed by atoms with Gasteiger partial charge in [0.25, 0.3) is 0 Å². The first kappa shape index (κ1) is 17.1. The van der Waals surface area contributed by atoms with Gasteiger partial charge in [-0.1, -0.05) is 33.3 Å². The SMILES string of the molecule is CCC1CC=C2C(C#N)=C(N)C(C#N)(C#N)C(CC(C)C)C2C1. The number of fused-ring (bicyclic) bond motifs is 1. The highest BCUT2D eigenvalue weighted by molar-refractivity contribution is 5.56. The fourth-order valence-corrected chi connectivity index (χ4v) is 4.17. The fraction of sp³-hybridized carbons (Fsp3) is 0.632. The zero-order valence-electron chi connectivity index (χ0n) is 14.1. The van der Waals surface area contributed by atoms with Crippen molar-refractivity contribution in [3.63, 3.8) is 0 Å². The monoisotopic (exact) mass is 308 g/mol. The largest absolute Gasteiger partial charge is 0.399 e. The van der Waals surface area contributed by atoms with Crippen molar-refractivity contribution < 1.29 is 0 Å². The number of allylic oxidation sites excluding steroid dienone is 4. The van der Waals surface area contributed by atoms with Crippen molar-refractivity contribution >= 4 is 0 Å². The van der Waals surface area contributed by atoms with Crippen LogP contribution in [0, 0.1) is 63.1 Å². The van der Waals surface area contributed by atoms with Crippen LogP contribution in [-0.4, -0.2) is 0 Å². The first-order valence-corrected chi connectivity index (χ1v) is 8.38. The van der Waals surface area contributed by atoms with Gasteiger partial charge in [-0.3, -0.25) is 0 Å². The van der Waals surface area contributed by atoms with E-state index in [-0.39, 0.29) is 17.5 Å². The Morgan fingerprint density at radius 1 is 1.30 bits per heavy atom. The van der Waals surface area contributed by atoms with E-state index in [1.165, 1.54) is 0 Å². The Hall–Kier alpha value is -2.25. The molecule has 0 bridgehead atoms. The highest BCUT2D eigenvalue weighted by atomic mass is 14.7. The first-order valence-electron chi connectivity index (χ1n) is 8.38. The lowest BCUT2D eigenvalue weighted by Gasteiger charge is -2.45. The Balaban J connectivity index is 2.68. The molecule has 2 aliphatic rings. The van der Waals surface area contributed by atoms with Gasteiger partial charge in [0.2, 0.25) is 0 Å². The van der Waals surface area contributed by atoms with E-state index in [0.717, 1.165) is 31.3 Å². The van der Waals surface area contributed by atoms with Gasteiger partial charge in [-0.2, -0.15) is 15.8 Å². The number of nitrogens with zero attached hydrogens (tertiary/aromatic N) is 3. The molecule has 4 nitrogen and oxygen atoms in total. The summed E-state index contributed by atoms with van der Waals surface area (Å²) in [5, 5.41) is 29.2. The molecule has 3 atom stereocenters. The second kappa shape index (κ2) is 6.47. The van der Waals surface area contributed by atoms with Crippen LogP contribution in [-0.2, 0) is 0 Å². The normalized spacial score (nSPS) is 29.1. The minimum Gasteiger partial charge on any atom is -0.399 e. The summed E-state index contributed by atoms with van der Waals surface area (Å²) in [4.78, 5) is 0. The van der Waals surface area contributed by atoms with E-state index in [1.807, 2.05) is 0 Å². The van der Waals surface area contributed by atoms with Crippen LogP contribution in [0.1, 0.15) is 46.5 Å². The third-order valence-corrected chi connectivity index (χ3v) is 5.45. The summed E-state index contributed by atoms with van der Waals surface area (Å²) >= 11 is 0. The molecule has 0 aromatic heterocycles. The lowest BCUT2D eigenvalue weighted by atomic mass is 9.56. The Bertz CT molecular complexity index is 649.